The molecule has 1 aliphatic heterocycles. The van der Waals surface area contributed by atoms with Gasteiger partial charge in [-0.2, -0.15) is 0 Å². The lowest BCUT2D eigenvalue weighted by Crippen LogP contribution is -2.36. The zero-order valence-corrected chi connectivity index (χ0v) is 15.6. The summed E-state index contributed by atoms with van der Waals surface area (Å²) in [6.07, 6.45) is 2.02. The third-order valence-corrected chi connectivity index (χ3v) is 6.05. The van der Waals surface area contributed by atoms with Crippen molar-refractivity contribution in [2.45, 2.75) is 11.3 Å². The van der Waals surface area contributed by atoms with Gasteiger partial charge >= 0.3 is 0 Å². The summed E-state index contributed by atoms with van der Waals surface area (Å²) in [4.78, 5) is 24.6. The molecule has 1 aromatic carbocycles. The van der Waals surface area contributed by atoms with Crippen LogP contribution in [0.15, 0.2) is 52.9 Å². The molecule has 3 aromatic rings. The average Bonchev–Trinajstić information content (AvgIpc) is 3.10. The molecule has 7 heteroatoms. The number of carbonyl (C=O) groups excluding carboxylic acids is 1. The lowest BCUT2D eigenvalue weighted by Gasteiger charge is -2.29. The van der Waals surface area contributed by atoms with Gasteiger partial charge in [-0.15, -0.1) is 23.1 Å². The van der Waals surface area contributed by atoms with E-state index in [1.54, 1.807) is 18.0 Å². The van der Waals surface area contributed by atoms with E-state index in [2.05, 4.69) is 9.97 Å². The van der Waals surface area contributed by atoms with Crippen molar-refractivity contribution >= 4 is 46.3 Å². The minimum absolute atomic E-state index is 0.0432. The Balaban J connectivity index is 1.54. The predicted molar refractivity (Wildman–Crippen MR) is 104 cm³/mol. The molecule has 0 saturated heterocycles. The van der Waals surface area contributed by atoms with E-state index in [0.717, 1.165) is 32.7 Å². The molecule has 25 heavy (non-hydrogen) atoms. The molecule has 4 rings (SSSR count). The zero-order chi connectivity index (χ0) is 17.2. The monoisotopic (exact) mass is 387 g/mol. The van der Waals surface area contributed by atoms with Gasteiger partial charge in [0.2, 0.25) is 5.91 Å². The number of hydrogen-bond acceptors (Lipinski definition) is 5. The Morgan fingerprint density at radius 2 is 2.20 bits per heavy atom. The third kappa shape index (κ3) is 3.56. The van der Waals surface area contributed by atoms with Crippen molar-refractivity contribution in [3.05, 3.63) is 58.7 Å². The summed E-state index contributed by atoms with van der Waals surface area (Å²) in [5.74, 6) is 0.929. The summed E-state index contributed by atoms with van der Waals surface area (Å²) in [5.41, 5.74) is 2.50. The molecule has 0 radical (unpaired) electrons. The standard InChI is InChI=1S/C18H14ClN3OS2/c19-12-4-5-16-15(9-12)22(7-8-24-16)17(23)10-13-11-25-18(21-13)14-3-1-2-6-20-14/h1-6,9,11H,7-8,10H2. The Labute approximate surface area is 158 Å². The molecule has 0 bridgehead atoms. The second kappa shape index (κ2) is 7.15. The second-order valence-corrected chi connectivity index (χ2v) is 7.97. The van der Waals surface area contributed by atoms with Crippen LogP contribution in [0, 0.1) is 0 Å². The highest BCUT2D eigenvalue weighted by Crippen LogP contribution is 2.36. The first-order chi connectivity index (χ1) is 12.2. The average molecular weight is 388 g/mol. The normalized spacial score (nSPS) is 13.6. The quantitative estimate of drug-likeness (QED) is 0.661. The number of hydrogen-bond donors (Lipinski definition) is 0. The van der Waals surface area contributed by atoms with Crippen LogP contribution < -0.4 is 4.90 Å². The number of carbonyl (C=O) groups is 1. The molecule has 126 valence electrons. The zero-order valence-electron chi connectivity index (χ0n) is 13.2. The first-order valence-corrected chi connectivity index (χ1v) is 10.0. The van der Waals surface area contributed by atoms with Crippen LogP contribution in [0.1, 0.15) is 5.69 Å². The topological polar surface area (TPSA) is 46.1 Å². The fourth-order valence-electron chi connectivity index (χ4n) is 2.70. The number of pyridine rings is 1. The van der Waals surface area contributed by atoms with Crippen LogP contribution in [0.5, 0.6) is 0 Å². The van der Waals surface area contributed by atoms with Crippen molar-refractivity contribution in [1.82, 2.24) is 9.97 Å². The summed E-state index contributed by atoms with van der Waals surface area (Å²) < 4.78 is 0. The summed E-state index contributed by atoms with van der Waals surface area (Å²) in [6, 6.07) is 11.4. The number of aromatic nitrogens is 2. The lowest BCUT2D eigenvalue weighted by molar-refractivity contribution is -0.118. The van der Waals surface area contributed by atoms with E-state index in [0.29, 0.717) is 11.6 Å². The maximum absolute atomic E-state index is 12.8. The van der Waals surface area contributed by atoms with E-state index in [1.165, 1.54) is 11.3 Å². The number of thiazole rings is 1. The van der Waals surface area contributed by atoms with Gasteiger partial charge in [-0.1, -0.05) is 17.7 Å². The number of rotatable bonds is 3. The van der Waals surface area contributed by atoms with Crippen molar-refractivity contribution in [2.75, 3.05) is 17.2 Å². The van der Waals surface area contributed by atoms with Gasteiger partial charge in [-0.05, 0) is 30.3 Å². The number of nitrogens with zero attached hydrogens (tertiary/aromatic N) is 3. The van der Waals surface area contributed by atoms with E-state index >= 15 is 0 Å². The van der Waals surface area contributed by atoms with Crippen molar-refractivity contribution in [1.29, 1.82) is 0 Å². The molecule has 2 aromatic heterocycles. The number of benzene rings is 1. The van der Waals surface area contributed by atoms with Gasteiger partial charge in [-0.3, -0.25) is 9.78 Å². The summed E-state index contributed by atoms with van der Waals surface area (Å²) in [7, 11) is 0. The number of amides is 1. The van der Waals surface area contributed by atoms with Crippen LogP contribution in [0.4, 0.5) is 5.69 Å². The molecule has 0 N–H and O–H groups in total. The maximum atomic E-state index is 12.8. The minimum atomic E-state index is 0.0432. The van der Waals surface area contributed by atoms with Gasteiger partial charge in [0.15, 0.2) is 0 Å². The fourth-order valence-corrected chi connectivity index (χ4v) is 4.63. The Hall–Kier alpha value is -1.89. The second-order valence-electron chi connectivity index (χ2n) is 5.54. The van der Waals surface area contributed by atoms with Gasteiger partial charge in [0.05, 0.1) is 23.5 Å². The van der Waals surface area contributed by atoms with E-state index in [1.807, 2.05) is 46.7 Å². The van der Waals surface area contributed by atoms with E-state index in [-0.39, 0.29) is 12.3 Å². The molecule has 0 atom stereocenters. The van der Waals surface area contributed by atoms with Crippen LogP contribution in [-0.4, -0.2) is 28.2 Å². The molecular weight excluding hydrogens is 374 g/mol. The molecule has 3 heterocycles. The smallest absolute Gasteiger partial charge is 0.233 e. The predicted octanol–water partition coefficient (Wildman–Crippen LogP) is 4.54. The Bertz CT molecular complexity index is 914. The SMILES string of the molecule is O=C(Cc1csc(-c2ccccn2)n1)N1CCSc2ccc(Cl)cc21. The highest BCUT2D eigenvalue weighted by Gasteiger charge is 2.24. The molecule has 0 spiro atoms. The maximum Gasteiger partial charge on any atom is 0.233 e. The summed E-state index contributed by atoms with van der Waals surface area (Å²) >= 11 is 9.37. The van der Waals surface area contributed by atoms with Gasteiger partial charge in [0.1, 0.15) is 5.01 Å². The van der Waals surface area contributed by atoms with Crippen LogP contribution in [-0.2, 0) is 11.2 Å². The number of thioether (sulfide) groups is 1. The highest BCUT2D eigenvalue weighted by atomic mass is 35.5. The molecule has 0 unspecified atom stereocenters. The largest absolute Gasteiger partial charge is 0.310 e. The fraction of sp³-hybridized carbons (Fsp3) is 0.167. The Morgan fingerprint density at radius 3 is 3.04 bits per heavy atom. The van der Waals surface area contributed by atoms with Gasteiger partial charge in [0, 0.05) is 33.8 Å². The van der Waals surface area contributed by atoms with Crippen molar-refractivity contribution in [3.63, 3.8) is 0 Å². The van der Waals surface area contributed by atoms with Crippen molar-refractivity contribution in [3.8, 4) is 10.7 Å². The lowest BCUT2D eigenvalue weighted by atomic mass is 10.2. The summed E-state index contributed by atoms with van der Waals surface area (Å²) in [6.45, 7) is 0.689. The molecule has 0 saturated carbocycles. The third-order valence-electron chi connectivity index (χ3n) is 3.85. The van der Waals surface area contributed by atoms with E-state index in [9.17, 15) is 4.79 Å². The number of halogens is 1. The van der Waals surface area contributed by atoms with Crippen molar-refractivity contribution < 1.29 is 4.79 Å². The molecular formula is C18H14ClN3OS2. The molecule has 4 nitrogen and oxygen atoms in total. The van der Waals surface area contributed by atoms with Gasteiger partial charge in [-0.25, -0.2) is 4.98 Å². The van der Waals surface area contributed by atoms with E-state index in [4.69, 9.17) is 11.6 Å². The van der Waals surface area contributed by atoms with Crippen LogP contribution in [0.2, 0.25) is 5.02 Å². The van der Waals surface area contributed by atoms with Crippen LogP contribution >= 0.6 is 34.7 Å². The Morgan fingerprint density at radius 1 is 1.28 bits per heavy atom. The van der Waals surface area contributed by atoms with Gasteiger partial charge in [0.25, 0.3) is 0 Å². The van der Waals surface area contributed by atoms with Crippen LogP contribution in [0.3, 0.4) is 0 Å². The van der Waals surface area contributed by atoms with Crippen LogP contribution in [0.25, 0.3) is 10.7 Å². The minimum Gasteiger partial charge on any atom is -0.310 e. The van der Waals surface area contributed by atoms with E-state index < -0.39 is 0 Å². The molecule has 1 amide bonds. The van der Waals surface area contributed by atoms with Gasteiger partial charge < -0.3 is 4.90 Å². The highest BCUT2D eigenvalue weighted by molar-refractivity contribution is 7.99. The first kappa shape index (κ1) is 16.6. The molecule has 0 fully saturated rings. The molecule has 0 aliphatic carbocycles. The Kier molecular flexibility index (Phi) is 4.74. The summed E-state index contributed by atoms with van der Waals surface area (Å²) in [5, 5.41) is 3.41. The number of anilines is 1. The first-order valence-electron chi connectivity index (χ1n) is 7.79. The number of fused-ring (bicyclic) bond motifs is 1. The molecule has 1 aliphatic rings. The van der Waals surface area contributed by atoms with Crippen molar-refractivity contribution in [2.24, 2.45) is 0 Å².